The quantitative estimate of drug-likeness (QED) is 0.147. The smallest absolute Gasteiger partial charge is 0.0640 e. The molecule has 3 heterocycles. The lowest BCUT2D eigenvalue weighted by molar-refractivity contribution is 1.18. The lowest BCUT2D eigenvalue weighted by atomic mass is 9.88. The molecule has 75 heavy (non-hydrogen) atoms. The highest BCUT2D eigenvalue weighted by Gasteiger charge is 2.26. The van der Waals surface area contributed by atoms with Crippen molar-refractivity contribution in [1.82, 2.24) is 4.57 Å². The van der Waals surface area contributed by atoms with Gasteiger partial charge in [-0.1, -0.05) is 176 Å². The lowest BCUT2D eigenvalue weighted by Gasteiger charge is -2.27. The summed E-state index contributed by atoms with van der Waals surface area (Å²) >= 11 is 3.74. The standard InChI is InChI=1S/C70H43N3S2/c1-3-20-44(21-4-1)71(61-36-18-33-56-51-27-12-15-38-63(51)74-69(56)61)46-24-17-25-47(42-46)73-60-35-14-11-32-58(60)66-55-31-10-9-30-54(55)65-59-43-48(40-41-50(59)49-26-7-8-29-53(49)67(65)68(66)73)72(45-22-5-2-6-23-45)62-37-19-34-57-52-28-13-16-39-64(52)75-70(57)62/h1-43H. The lowest BCUT2D eigenvalue weighted by Crippen LogP contribution is -2.10. The second kappa shape index (κ2) is 16.6. The molecule has 0 aliphatic heterocycles. The van der Waals surface area contributed by atoms with Crippen LogP contribution in [-0.4, -0.2) is 4.57 Å². The first-order chi connectivity index (χ1) is 37.2. The summed E-state index contributed by atoms with van der Waals surface area (Å²) in [7, 11) is 0. The molecule has 0 saturated carbocycles. The van der Waals surface area contributed by atoms with Gasteiger partial charge in [-0.15, -0.1) is 22.7 Å². The first kappa shape index (κ1) is 42.3. The van der Waals surface area contributed by atoms with Crippen LogP contribution in [-0.2, 0) is 0 Å². The van der Waals surface area contributed by atoms with Crippen LogP contribution in [0.1, 0.15) is 0 Å². The van der Waals surface area contributed by atoms with Crippen molar-refractivity contribution in [3.63, 3.8) is 0 Å². The Bertz CT molecular complexity index is 4970. The zero-order valence-corrected chi connectivity index (χ0v) is 42.1. The van der Waals surface area contributed by atoms with E-state index in [1.165, 1.54) is 111 Å². The first-order valence-corrected chi connectivity index (χ1v) is 27.2. The number of anilines is 6. The molecule has 0 N–H and O–H groups in total. The van der Waals surface area contributed by atoms with Gasteiger partial charge in [0.05, 0.1) is 31.8 Å². The van der Waals surface area contributed by atoms with Crippen LogP contribution in [0.25, 0.3) is 111 Å². The highest BCUT2D eigenvalue weighted by atomic mass is 32.1. The fourth-order valence-electron chi connectivity index (χ4n) is 12.4. The first-order valence-electron chi connectivity index (χ1n) is 25.6. The Morgan fingerprint density at radius 3 is 1.32 bits per heavy atom. The summed E-state index contributed by atoms with van der Waals surface area (Å²) in [6.45, 7) is 0. The van der Waals surface area contributed by atoms with Gasteiger partial charge < -0.3 is 14.4 Å². The molecule has 0 spiro atoms. The average Bonchev–Trinajstić information content (AvgIpc) is 4.29. The van der Waals surface area contributed by atoms with Crippen molar-refractivity contribution in [3.8, 4) is 5.69 Å². The van der Waals surface area contributed by atoms with E-state index in [0.717, 1.165) is 34.1 Å². The summed E-state index contributed by atoms with van der Waals surface area (Å²) in [4.78, 5) is 4.92. The van der Waals surface area contributed by atoms with Crippen LogP contribution in [0.2, 0.25) is 0 Å². The number of para-hydroxylation sites is 3. The van der Waals surface area contributed by atoms with Crippen molar-refractivity contribution in [2.75, 3.05) is 9.80 Å². The van der Waals surface area contributed by atoms with Gasteiger partial charge in [0.15, 0.2) is 0 Å². The molecule has 0 radical (unpaired) electrons. The van der Waals surface area contributed by atoms with Gasteiger partial charge in [-0.25, -0.2) is 0 Å². The molecule has 3 aromatic heterocycles. The Kier molecular flexibility index (Phi) is 9.38. The fourth-order valence-corrected chi connectivity index (χ4v) is 14.8. The number of fused-ring (bicyclic) bond motifs is 19. The number of hydrogen-bond acceptors (Lipinski definition) is 4. The minimum absolute atomic E-state index is 1.09. The van der Waals surface area contributed by atoms with Gasteiger partial charge in [-0.2, -0.15) is 0 Å². The predicted molar refractivity (Wildman–Crippen MR) is 326 cm³/mol. The number of rotatable bonds is 7. The maximum Gasteiger partial charge on any atom is 0.0640 e. The Morgan fingerprint density at radius 2 is 0.707 bits per heavy atom. The number of hydrogen-bond donors (Lipinski definition) is 0. The monoisotopic (exact) mass is 989 g/mol. The van der Waals surface area contributed by atoms with Crippen LogP contribution in [0.15, 0.2) is 261 Å². The predicted octanol–water partition coefficient (Wildman–Crippen LogP) is 21.1. The number of nitrogens with zero attached hydrogens (tertiary/aromatic N) is 3. The minimum atomic E-state index is 1.09. The molecular weight excluding hydrogens is 947 g/mol. The zero-order valence-electron chi connectivity index (χ0n) is 40.5. The Balaban J connectivity index is 1.01. The summed E-state index contributed by atoms with van der Waals surface area (Å²) in [5.74, 6) is 0. The fraction of sp³-hybridized carbons (Fsp3) is 0. The zero-order chi connectivity index (χ0) is 49.1. The van der Waals surface area contributed by atoms with Crippen LogP contribution in [0.4, 0.5) is 34.1 Å². The highest BCUT2D eigenvalue weighted by Crippen LogP contribution is 2.51. The molecule has 0 saturated heterocycles. The Morgan fingerprint density at radius 1 is 0.267 bits per heavy atom. The topological polar surface area (TPSA) is 11.4 Å². The molecule has 0 aliphatic carbocycles. The van der Waals surface area contributed by atoms with E-state index in [9.17, 15) is 0 Å². The second-order valence-corrected chi connectivity index (χ2v) is 21.6. The summed E-state index contributed by atoms with van der Waals surface area (Å²) in [5, 5.41) is 17.5. The van der Waals surface area contributed by atoms with Gasteiger partial charge >= 0.3 is 0 Å². The van der Waals surface area contributed by atoms with Crippen molar-refractivity contribution in [3.05, 3.63) is 261 Å². The molecular formula is C70H43N3S2. The maximum absolute atomic E-state index is 2.56. The van der Waals surface area contributed by atoms with Gasteiger partial charge in [-0.3, -0.25) is 0 Å². The summed E-state index contributed by atoms with van der Waals surface area (Å²) in [6, 6.07) is 96.5. The molecule has 0 amide bonds. The minimum Gasteiger partial charge on any atom is -0.309 e. The third-order valence-corrected chi connectivity index (χ3v) is 17.9. The van der Waals surface area contributed by atoms with Crippen molar-refractivity contribution in [2.45, 2.75) is 0 Å². The van der Waals surface area contributed by atoms with E-state index in [-0.39, 0.29) is 0 Å². The molecule has 0 aliphatic rings. The largest absolute Gasteiger partial charge is 0.309 e. The molecule has 0 unspecified atom stereocenters. The van der Waals surface area contributed by atoms with Gasteiger partial charge in [0.1, 0.15) is 0 Å². The van der Waals surface area contributed by atoms with E-state index >= 15 is 0 Å². The highest BCUT2D eigenvalue weighted by molar-refractivity contribution is 7.26. The number of benzene rings is 13. The van der Waals surface area contributed by atoms with Crippen molar-refractivity contribution < 1.29 is 0 Å². The second-order valence-electron chi connectivity index (χ2n) is 19.5. The number of thiophene rings is 2. The SMILES string of the molecule is c1ccc(N(c2cccc(-n3c4ccccc4c4c5ccccc5c5c6cc(N(c7ccccc7)c7cccc8c7sc7ccccc78)ccc6c6ccccc6c5c43)c2)c2cccc3c2sc2ccccc23)cc1. The van der Waals surface area contributed by atoms with Crippen molar-refractivity contribution in [1.29, 1.82) is 0 Å². The summed E-state index contributed by atoms with van der Waals surface area (Å²) in [5.41, 5.74) is 10.2. The van der Waals surface area contributed by atoms with Gasteiger partial charge in [0.2, 0.25) is 0 Å². The molecule has 0 fully saturated rings. The van der Waals surface area contributed by atoms with Crippen LogP contribution < -0.4 is 9.80 Å². The average molecular weight is 990 g/mol. The third-order valence-electron chi connectivity index (χ3n) is 15.5. The molecule has 0 atom stereocenters. The molecule has 3 nitrogen and oxygen atoms in total. The van der Waals surface area contributed by atoms with Gasteiger partial charge in [-0.05, 0) is 117 Å². The van der Waals surface area contributed by atoms with Crippen LogP contribution in [0.3, 0.4) is 0 Å². The van der Waals surface area contributed by atoms with Crippen LogP contribution in [0.5, 0.6) is 0 Å². The van der Waals surface area contributed by atoms with E-state index < -0.39 is 0 Å². The maximum atomic E-state index is 2.56. The molecule has 16 rings (SSSR count). The Labute approximate surface area is 440 Å². The van der Waals surface area contributed by atoms with E-state index in [2.05, 4.69) is 275 Å². The van der Waals surface area contributed by atoms with Crippen molar-refractivity contribution >= 4 is 162 Å². The van der Waals surface area contributed by atoms with E-state index in [0.29, 0.717) is 0 Å². The van der Waals surface area contributed by atoms with E-state index in [1.807, 2.05) is 22.7 Å². The van der Waals surface area contributed by atoms with Gasteiger partial charge in [0, 0.05) is 80.9 Å². The molecule has 13 aromatic carbocycles. The Hall–Kier alpha value is -9.26. The molecule has 5 heteroatoms. The normalized spacial score (nSPS) is 12.0. The van der Waals surface area contributed by atoms with Crippen LogP contribution in [0, 0.1) is 0 Å². The molecule has 0 bridgehead atoms. The summed E-state index contributed by atoms with van der Waals surface area (Å²) in [6.07, 6.45) is 0. The van der Waals surface area contributed by atoms with E-state index in [4.69, 9.17) is 0 Å². The van der Waals surface area contributed by atoms with Gasteiger partial charge in [0.25, 0.3) is 0 Å². The third kappa shape index (κ3) is 6.32. The molecule has 350 valence electrons. The molecule has 16 aromatic rings. The summed E-state index contributed by atoms with van der Waals surface area (Å²) < 4.78 is 7.69. The number of aromatic nitrogens is 1. The van der Waals surface area contributed by atoms with Crippen molar-refractivity contribution in [2.24, 2.45) is 0 Å². The van der Waals surface area contributed by atoms with Crippen LogP contribution >= 0.6 is 22.7 Å². The van der Waals surface area contributed by atoms with E-state index in [1.54, 1.807) is 0 Å².